The maximum atomic E-state index is 14.0. The molecule has 0 bridgehead atoms. The number of amides is 1. The van der Waals surface area contributed by atoms with E-state index in [-0.39, 0.29) is 47.9 Å². The van der Waals surface area contributed by atoms with Crippen molar-refractivity contribution in [1.82, 2.24) is 14.9 Å². The summed E-state index contributed by atoms with van der Waals surface area (Å²) in [5.74, 6) is -0.935. The number of carbonyl (C=O) groups excluding carboxylic acids is 1. The van der Waals surface area contributed by atoms with Gasteiger partial charge in [0, 0.05) is 31.1 Å². The van der Waals surface area contributed by atoms with Gasteiger partial charge < -0.3 is 5.32 Å². The van der Waals surface area contributed by atoms with Crippen LogP contribution in [0.4, 0.5) is 17.6 Å². The molecule has 6 nitrogen and oxygen atoms in total. The van der Waals surface area contributed by atoms with Crippen molar-refractivity contribution in [2.75, 3.05) is 25.9 Å². The Balaban J connectivity index is 1.18. The number of carbonyl (C=O) groups is 1. The van der Waals surface area contributed by atoms with Gasteiger partial charge in [-0.15, -0.1) is 0 Å². The molecule has 3 aliphatic carbocycles. The van der Waals surface area contributed by atoms with E-state index in [2.05, 4.69) is 58.3 Å². The number of sulfonamides is 1. The van der Waals surface area contributed by atoms with Crippen LogP contribution in [0.3, 0.4) is 0 Å². The Morgan fingerprint density at radius 2 is 1.91 bits per heavy atom. The fourth-order valence-corrected chi connectivity index (χ4v) is 8.83. The topological polar surface area (TPSA) is 78.5 Å². The summed E-state index contributed by atoms with van der Waals surface area (Å²) in [4.78, 5) is 16.5. The van der Waals surface area contributed by atoms with E-state index in [1.807, 2.05) is 0 Å². The standard InChI is InChI=1S/C33H39F4N3O3S/c1-21-20-40(12-11-31(21)9-7-23-5-3-4-6-28(23)31)27-8-10-32(17-27,29-15-24(29)19-39-44(2,42)43)30(41)38-18-22-13-25(33(35,36)37)16-26(34)14-22/h3-7,9,13-14,16,21,24,27,29,39H,8,10-12,15,17-20H2,1-2H3,(H,38,41)/t21-,24?,27?,29?,31-,32?/m0/s1. The average Bonchev–Trinajstić information content (AvgIpc) is 3.46. The molecule has 1 aliphatic heterocycles. The van der Waals surface area contributed by atoms with Gasteiger partial charge >= 0.3 is 6.18 Å². The largest absolute Gasteiger partial charge is 0.416 e. The Morgan fingerprint density at radius 1 is 1.14 bits per heavy atom. The fourth-order valence-electron chi connectivity index (χ4n) is 8.31. The Kier molecular flexibility index (Phi) is 7.98. The molecule has 2 N–H and O–H groups in total. The number of piperidine rings is 1. The summed E-state index contributed by atoms with van der Waals surface area (Å²) < 4.78 is 79.9. The van der Waals surface area contributed by atoms with Crippen LogP contribution in [0.1, 0.15) is 61.3 Å². The molecule has 1 saturated heterocycles. The number of nitrogens with one attached hydrogen (secondary N) is 2. The van der Waals surface area contributed by atoms with E-state index in [9.17, 15) is 30.8 Å². The number of fused-ring (bicyclic) bond motifs is 2. The lowest BCUT2D eigenvalue weighted by Gasteiger charge is -2.46. The number of alkyl halides is 3. The van der Waals surface area contributed by atoms with E-state index in [0.29, 0.717) is 31.2 Å². The molecular weight excluding hydrogens is 594 g/mol. The zero-order valence-corrected chi connectivity index (χ0v) is 25.8. The van der Waals surface area contributed by atoms with Gasteiger partial charge in [-0.25, -0.2) is 17.5 Å². The van der Waals surface area contributed by atoms with Crippen LogP contribution in [-0.2, 0) is 33.0 Å². The Labute approximate surface area is 256 Å². The first kappa shape index (κ1) is 31.2. The molecule has 1 amide bonds. The number of hydrogen-bond donors (Lipinski definition) is 2. The van der Waals surface area contributed by atoms with E-state index >= 15 is 0 Å². The third-order valence-corrected chi connectivity index (χ3v) is 11.4. The number of nitrogens with zero attached hydrogens (tertiary/aromatic N) is 1. The van der Waals surface area contributed by atoms with Gasteiger partial charge in [0.1, 0.15) is 5.82 Å². The van der Waals surface area contributed by atoms with Gasteiger partial charge in [0.15, 0.2) is 0 Å². The molecule has 0 radical (unpaired) electrons. The normalized spacial score (nSPS) is 31.8. The molecule has 1 heterocycles. The minimum atomic E-state index is -4.70. The maximum Gasteiger partial charge on any atom is 0.416 e. The summed E-state index contributed by atoms with van der Waals surface area (Å²) in [6, 6.07) is 11.0. The van der Waals surface area contributed by atoms with Crippen LogP contribution in [0, 0.1) is 29.0 Å². The van der Waals surface area contributed by atoms with E-state index in [1.54, 1.807) is 0 Å². The summed E-state index contributed by atoms with van der Waals surface area (Å²) in [5.41, 5.74) is 0.821. The number of hydrogen-bond acceptors (Lipinski definition) is 4. The summed E-state index contributed by atoms with van der Waals surface area (Å²) in [7, 11) is -3.39. The van der Waals surface area contributed by atoms with Crippen molar-refractivity contribution in [2.45, 2.75) is 63.2 Å². The van der Waals surface area contributed by atoms with Crippen LogP contribution in [0.25, 0.3) is 6.08 Å². The molecule has 44 heavy (non-hydrogen) atoms. The minimum Gasteiger partial charge on any atom is -0.352 e. The first-order valence-electron chi connectivity index (χ1n) is 15.3. The summed E-state index contributed by atoms with van der Waals surface area (Å²) >= 11 is 0. The molecule has 238 valence electrons. The Hall–Kier alpha value is -2.76. The number of halogens is 4. The van der Waals surface area contributed by atoms with E-state index in [4.69, 9.17) is 0 Å². The molecule has 1 spiro atoms. The number of rotatable bonds is 8. The smallest absolute Gasteiger partial charge is 0.352 e. The lowest BCUT2D eigenvalue weighted by Crippen LogP contribution is -2.51. The lowest BCUT2D eigenvalue weighted by atomic mass is 9.67. The lowest BCUT2D eigenvalue weighted by molar-refractivity contribution is -0.137. The third-order valence-electron chi connectivity index (χ3n) is 10.7. The van der Waals surface area contributed by atoms with Crippen molar-refractivity contribution in [3.05, 3.63) is 76.6 Å². The predicted octanol–water partition coefficient (Wildman–Crippen LogP) is 5.49. The first-order valence-corrected chi connectivity index (χ1v) is 17.2. The second kappa shape index (κ2) is 11.2. The van der Waals surface area contributed by atoms with Crippen LogP contribution in [0.2, 0.25) is 0 Å². The van der Waals surface area contributed by atoms with Gasteiger partial charge in [0.05, 0.1) is 17.2 Å². The fraction of sp³-hybridized carbons (Fsp3) is 0.545. The zero-order chi connectivity index (χ0) is 31.5. The molecular formula is C33H39F4N3O3S. The minimum absolute atomic E-state index is 0.000706. The second-order valence-electron chi connectivity index (χ2n) is 13.4. The summed E-state index contributed by atoms with van der Waals surface area (Å²) in [6.45, 7) is 4.08. The highest BCUT2D eigenvalue weighted by molar-refractivity contribution is 7.88. The third kappa shape index (κ3) is 5.95. The van der Waals surface area contributed by atoms with Crippen LogP contribution in [0.5, 0.6) is 0 Å². The Bertz CT molecular complexity index is 1580. The first-order chi connectivity index (χ1) is 20.7. The molecule has 4 unspecified atom stereocenters. The quantitative estimate of drug-likeness (QED) is 0.377. The number of benzene rings is 2. The van der Waals surface area contributed by atoms with E-state index < -0.39 is 33.0 Å². The zero-order valence-electron chi connectivity index (χ0n) is 25.0. The van der Waals surface area contributed by atoms with E-state index in [1.165, 1.54) is 11.1 Å². The van der Waals surface area contributed by atoms with Crippen LogP contribution < -0.4 is 10.0 Å². The highest BCUT2D eigenvalue weighted by Crippen LogP contribution is 2.59. The molecule has 2 saturated carbocycles. The van der Waals surface area contributed by atoms with Gasteiger partial charge in [-0.2, -0.15) is 13.2 Å². The average molecular weight is 634 g/mol. The van der Waals surface area contributed by atoms with Gasteiger partial charge in [0.25, 0.3) is 0 Å². The summed E-state index contributed by atoms with van der Waals surface area (Å²) in [5, 5.41) is 2.85. The predicted molar refractivity (Wildman–Crippen MR) is 160 cm³/mol. The SMILES string of the molecule is C[C@H]1CN(C2CCC(C(=O)NCc3cc(F)cc(C(F)(F)F)c3)(C3CC3CNS(C)(=O)=O)C2)CC[C@@]12C=Cc1ccccc12. The number of allylic oxidation sites excluding steroid dienone is 1. The van der Waals surface area contributed by atoms with Crippen molar-refractivity contribution < 1.29 is 30.8 Å². The van der Waals surface area contributed by atoms with Gasteiger partial charge in [-0.1, -0.05) is 43.3 Å². The molecule has 0 aromatic heterocycles. The van der Waals surface area contributed by atoms with Gasteiger partial charge in [0.2, 0.25) is 15.9 Å². The highest BCUT2D eigenvalue weighted by atomic mass is 32.2. The summed E-state index contributed by atoms with van der Waals surface area (Å²) in [6.07, 6.45) is 4.67. The van der Waals surface area contributed by atoms with Crippen molar-refractivity contribution in [1.29, 1.82) is 0 Å². The highest BCUT2D eigenvalue weighted by Gasteiger charge is 2.60. The molecule has 2 aromatic rings. The second-order valence-corrected chi connectivity index (χ2v) is 15.2. The molecule has 6 atom stereocenters. The van der Waals surface area contributed by atoms with Crippen molar-refractivity contribution in [3.8, 4) is 0 Å². The van der Waals surface area contributed by atoms with Crippen LogP contribution in [0.15, 0.2) is 48.5 Å². The molecule has 11 heteroatoms. The van der Waals surface area contributed by atoms with Gasteiger partial charge in [-0.05, 0) is 91.3 Å². The molecule has 4 aliphatic rings. The molecule has 3 fully saturated rings. The van der Waals surface area contributed by atoms with Crippen molar-refractivity contribution in [3.63, 3.8) is 0 Å². The molecule has 6 rings (SSSR count). The van der Waals surface area contributed by atoms with E-state index in [0.717, 1.165) is 44.3 Å². The molecule has 2 aromatic carbocycles. The van der Waals surface area contributed by atoms with Crippen LogP contribution in [-0.4, -0.2) is 51.2 Å². The van der Waals surface area contributed by atoms with Gasteiger partial charge in [-0.3, -0.25) is 9.69 Å². The Morgan fingerprint density at radius 3 is 2.64 bits per heavy atom. The number of likely N-dealkylation sites (tertiary alicyclic amines) is 1. The monoisotopic (exact) mass is 633 g/mol. The van der Waals surface area contributed by atoms with Crippen LogP contribution >= 0.6 is 0 Å². The van der Waals surface area contributed by atoms with Crippen molar-refractivity contribution >= 4 is 22.0 Å². The van der Waals surface area contributed by atoms with Crippen molar-refractivity contribution in [2.24, 2.45) is 23.2 Å². The maximum absolute atomic E-state index is 14.0.